The molecule has 1 aliphatic carbocycles. The molecule has 0 spiro atoms. The molecule has 6 nitrogen and oxygen atoms in total. The number of amides is 1. The summed E-state index contributed by atoms with van der Waals surface area (Å²) in [5.41, 5.74) is 3.36. The van der Waals surface area contributed by atoms with Crippen LogP contribution in [0.3, 0.4) is 0 Å². The quantitative estimate of drug-likeness (QED) is 0.741. The van der Waals surface area contributed by atoms with E-state index in [2.05, 4.69) is 25.8 Å². The van der Waals surface area contributed by atoms with Crippen molar-refractivity contribution in [3.8, 4) is 0 Å². The highest BCUT2D eigenvalue weighted by molar-refractivity contribution is 8.01. The predicted octanol–water partition coefficient (Wildman–Crippen LogP) is 3.57. The highest BCUT2D eigenvalue weighted by atomic mass is 32.2. The predicted molar refractivity (Wildman–Crippen MR) is 105 cm³/mol. The molecule has 1 aliphatic rings. The third kappa shape index (κ3) is 3.76. The van der Waals surface area contributed by atoms with E-state index in [9.17, 15) is 4.79 Å². The van der Waals surface area contributed by atoms with Crippen LogP contribution in [0.2, 0.25) is 0 Å². The fourth-order valence-corrected chi connectivity index (χ4v) is 5.56. The number of hydrogen-bond acceptors (Lipinski definition) is 6. The molecule has 1 saturated carbocycles. The smallest absolute Gasteiger partial charge is 0.253 e. The van der Waals surface area contributed by atoms with E-state index in [0.717, 1.165) is 46.8 Å². The lowest BCUT2D eigenvalue weighted by atomic mass is 9.95. The minimum atomic E-state index is -0.0488. The molecule has 1 fully saturated rings. The monoisotopic (exact) mass is 387 g/mol. The third-order valence-electron chi connectivity index (χ3n) is 4.74. The number of pyridine rings is 1. The summed E-state index contributed by atoms with van der Waals surface area (Å²) >= 11 is 3.60. The second kappa shape index (κ2) is 7.36. The maximum Gasteiger partial charge on any atom is 0.253 e. The Labute approximate surface area is 160 Å². The van der Waals surface area contributed by atoms with Crippen LogP contribution in [0.1, 0.15) is 41.7 Å². The number of fused-ring (bicyclic) bond motifs is 1. The van der Waals surface area contributed by atoms with Gasteiger partial charge in [0.2, 0.25) is 0 Å². The Balaban J connectivity index is 1.33. The zero-order valence-corrected chi connectivity index (χ0v) is 16.4. The number of aromatic nitrogens is 4. The highest BCUT2D eigenvalue weighted by Crippen LogP contribution is 2.35. The number of nitrogens with one attached hydrogen (secondary N) is 1. The normalized spacial score (nSPS) is 20.4. The first kappa shape index (κ1) is 17.5. The molecule has 3 heterocycles. The number of hydrogen-bond donors (Lipinski definition) is 1. The van der Waals surface area contributed by atoms with Crippen molar-refractivity contribution < 1.29 is 4.79 Å². The Morgan fingerprint density at radius 2 is 2.12 bits per heavy atom. The molecule has 136 valence electrons. The van der Waals surface area contributed by atoms with Crippen molar-refractivity contribution in [2.45, 2.75) is 48.2 Å². The molecular weight excluding hydrogens is 366 g/mol. The van der Waals surface area contributed by atoms with Gasteiger partial charge in [-0.1, -0.05) is 11.8 Å². The molecule has 8 heteroatoms. The van der Waals surface area contributed by atoms with Gasteiger partial charge in [0.1, 0.15) is 9.86 Å². The number of carbonyl (C=O) groups excluding carboxylic acids is 1. The van der Waals surface area contributed by atoms with E-state index in [1.54, 1.807) is 28.4 Å². The average Bonchev–Trinajstić information content (AvgIpc) is 3.22. The van der Waals surface area contributed by atoms with Crippen molar-refractivity contribution in [3.63, 3.8) is 0 Å². The van der Waals surface area contributed by atoms with Crippen molar-refractivity contribution in [1.29, 1.82) is 0 Å². The van der Waals surface area contributed by atoms with Gasteiger partial charge < -0.3 is 5.32 Å². The van der Waals surface area contributed by atoms with Crippen LogP contribution < -0.4 is 5.32 Å². The maximum absolute atomic E-state index is 12.6. The molecule has 0 saturated heterocycles. The first-order valence-electron chi connectivity index (χ1n) is 8.76. The summed E-state index contributed by atoms with van der Waals surface area (Å²) in [6.07, 6.45) is 7.57. The van der Waals surface area contributed by atoms with E-state index in [0.29, 0.717) is 10.8 Å². The van der Waals surface area contributed by atoms with Gasteiger partial charge in [0, 0.05) is 35.6 Å². The Morgan fingerprint density at radius 3 is 2.85 bits per heavy atom. The van der Waals surface area contributed by atoms with Gasteiger partial charge in [0.05, 0.1) is 17.3 Å². The van der Waals surface area contributed by atoms with Gasteiger partial charge in [-0.05, 0) is 38.7 Å². The maximum atomic E-state index is 12.6. The fourth-order valence-electron chi connectivity index (χ4n) is 3.27. The zero-order chi connectivity index (χ0) is 18.1. The summed E-state index contributed by atoms with van der Waals surface area (Å²) in [5, 5.41) is 10.0. The molecule has 3 aromatic heterocycles. The number of thioether (sulfide) groups is 1. The van der Waals surface area contributed by atoms with Crippen LogP contribution in [0.15, 0.2) is 28.2 Å². The molecule has 0 atom stereocenters. The van der Waals surface area contributed by atoms with Gasteiger partial charge >= 0.3 is 0 Å². The molecule has 0 radical (unpaired) electrons. The summed E-state index contributed by atoms with van der Waals surface area (Å²) in [5.74, 6) is -0.0488. The van der Waals surface area contributed by atoms with E-state index in [1.165, 1.54) is 0 Å². The summed E-state index contributed by atoms with van der Waals surface area (Å²) < 4.78 is 2.90. The Bertz CT molecular complexity index is 927. The zero-order valence-electron chi connectivity index (χ0n) is 14.8. The van der Waals surface area contributed by atoms with Crippen molar-refractivity contribution in [3.05, 3.63) is 35.1 Å². The second-order valence-electron chi connectivity index (χ2n) is 6.72. The van der Waals surface area contributed by atoms with E-state index in [4.69, 9.17) is 0 Å². The SMILES string of the molecule is Cc1csc(SC2CCC(NC(=O)c3cnc4cnn(C)c4c3)CC2)n1. The van der Waals surface area contributed by atoms with Crippen LogP contribution in [-0.2, 0) is 7.05 Å². The molecule has 26 heavy (non-hydrogen) atoms. The van der Waals surface area contributed by atoms with E-state index in [-0.39, 0.29) is 11.9 Å². The number of aryl methyl sites for hydroxylation is 2. The lowest BCUT2D eigenvalue weighted by molar-refractivity contribution is 0.0928. The minimum absolute atomic E-state index is 0.0488. The minimum Gasteiger partial charge on any atom is -0.349 e. The largest absolute Gasteiger partial charge is 0.349 e. The van der Waals surface area contributed by atoms with E-state index < -0.39 is 0 Å². The van der Waals surface area contributed by atoms with Gasteiger partial charge in [-0.2, -0.15) is 5.10 Å². The number of rotatable bonds is 4. The first-order valence-corrected chi connectivity index (χ1v) is 10.5. The molecule has 1 amide bonds. The molecule has 1 N–H and O–H groups in total. The van der Waals surface area contributed by atoms with Crippen molar-refractivity contribution in [2.75, 3.05) is 0 Å². The molecule has 0 aliphatic heterocycles. The first-order chi connectivity index (χ1) is 12.6. The van der Waals surface area contributed by atoms with Crippen LogP contribution in [0.5, 0.6) is 0 Å². The van der Waals surface area contributed by atoms with Gasteiger partial charge in [-0.15, -0.1) is 11.3 Å². The third-order valence-corrected chi connectivity index (χ3v) is 7.16. The van der Waals surface area contributed by atoms with Crippen LogP contribution in [0.4, 0.5) is 0 Å². The highest BCUT2D eigenvalue weighted by Gasteiger charge is 2.24. The topological polar surface area (TPSA) is 72.7 Å². The fraction of sp³-hybridized carbons (Fsp3) is 0.444. The second-order valence-corrected chi connectivity index (χ2v) is 9.12. The average molecular weight is 388 g/mol. The molecule has 4 rings (SSSR count). The van der Waals surface area contributed by atoms with E-state index >= 15 is 0 Å². The summed E-state index contributed by atoms with van der Waals surface area (Å²) in [7, 11) is 1.86. The molecule has 0 aromatic carbocycles. The number of carbonyl (C=O) groups is 1. The van der Waals surface area contributed by atoms with Gasteiger partial charge in [-0.25, -0.2) is 4.98 Å². The summed E-state index contributed by atoms with van der Waals surface area (Å²) in [6.45, 7) is 2.03. The van der Waals surface area contributed by atoms with Crippen molar-refractivity contribution in [1.82, 2.24) is 25.1 Å². The van der Waals surface area contributed by atoms with E-state index in [1.807, 2.05) is 31.8 Å². The van der Waals surface area contributed by atoms with Gasteiger partial charge in [-0.3, -0.25) is 14.5 Å². The van der Waals surface area contributed by atoms with Crippen molar-refractivity contribution in [2.24, 2.45) is 7.05 Å². The Kier molecular flexibility index (Phi) is 4.95. The van der Waals surface area contributed by atoms with Crippen LogP contribution in [0, 0.1) is 6.92 Å². The number of nitrogens with zero attached hydrogens (tertiary/aromatic N) is 4. The molecule has 0 bridgehead atoms. The van der Waals surface area contributed by atoms with Crippen LogP contribution in [-0.4, -0.2) is 36.9 Å². The molecule has 3 aromatic rings. The van der Waals surface area contributed by atoms with Crippen LogP contribution >= 0.6 is 23.1 Å². The molecule has 0 unspecified atom stereocenters. The van der Waals surface area contributed by atoms with Crippen molar-refractivity contribution >= 4 is 40.0 Å². The standard InChI is InChI=1S/C18H21N5OS2/c1-11-10-25-18(21-11)26-14-5-3-13(4-6-14)22-17(24)12-7-16-15(19-8-12)9-20-23(16)2/h7-10,13-14H,3-6H2,1-2H3,(H,22,24). The van der Waals surface area contributed by atoms with Gasteiger partial charge in [0.15, 0.2) is 0 Å². The number of thiazole rings is 1. The summed E-state index contributed by atoms with van der Waals surface area (Å²) in [6, 6.07) is 2.09. The van der Waals surface area contributed by atoms with Crippen LogP contribution in [0.25, 0.3) is 11.0 Å². The lowest BCUT2D eigenvalue weighted by Crippen LogP contribution is -2.38. The Morgan fingerprint density at radius 1 is 1.31 bits per heavy atom. The molecular formula is C18H21N5OS2. The van der Waals surface area contributed by atoms with Gasteiger partial charge in [0.25, 0.3) is 5.91 Å². The summed E-state index contributed by atoms with van der Waals surface area (Å²) in [4.78, 5) is 21.4. The Hall–Kier alpha value is -1.93. The lowest BCUT2D eigenvalue weighted by Gasteiger charge is -2.28.